The Morgan fingerprint density at radius 1 is 1.17 bits per heavy atom. The normalized spacial score (nSPS) is 10.9. The molecular formula is C16H25NO. The van der Waals surface area contributed by atoms with Crippen LogP contribution in [0, 0.1) is 13.8 Å². The first-order valence-corrected chi connectivity index (χ1v) is 6.83. The van der Waals surface area contributed by atoms with Crippen LogP contribution in [0.1, 0.15) is 47.7 Å². The van der Waals surface area contributed by atoms with Crippen LogP contribution in [0.5, 0.6) is 0 Å². The van der Waals surface area contributed by atoms with Gasteiger partial charge in [-0.05, 0) is 51.1 Å². The molecule has 2 heteroatoms. The number of carbonyl (C=O) groups is 1. The molecule has 0 amide bonds. The van der Waals surface area contributed by atoms with E-state index in [1.807, 2.05) is 25.2 Å². The van der Waals surface area contributed by atoms with E-state index in [4.69, 9.17) is 0 Å². The van der Waals surface area contributed by atoms with Crippen LogP contribution in [0.25, 0.3) is 0 Å². The first kappa shape index (κ1) is 14.9. The summed E-state index contributed by atoms with van der Waals surface area (Å²) in [5.41, 5.74) is 3.26. The van der Waals surface area contributed by atoms with Gasteiger partial charge in [-0.15, -0.1) is 0 Å². The van der Waals surface area contributed by atoms with Crippen molar-refractivity contribution in [3.05, 3.63) is 34.9 Å². The van der Waals surface area contributed by atoms with E-state index in [0.717, 1.165) is 12.1 Å². The molecule has 0 saturated heterocycles. The van der Waals surface area contributed by atoms with Crippen molar-refractivity contribution in [3.8, 4) is 0 Å². The van der Waals surface area contributed by atoms with Crippen LogP contribution < -0.4 is 0 Å². The predicted molar refractivity (Wildman–Crippen MR) is 77.3 cm³/mol. The zero-order valence-electron chi connectivity index (χ0n) is 12.1. The molecule has 0 unspecified atom stereocenters. The smallest absolute Gasteiger partial charge is 0.176 e. The molecule has 0 radical (unpaired) electrons. The summed E-state index contributed by atoms with van der Waals surface area (Å²) in [7, 11) is 2.02. The Balaban J connectivity index is 2.51. The Bertz CT molecular complexity index is 398. The van der Waals surface area contributed by atoms with Gasteiger partial charge in [-0.3, -0.25) is 9.69 Å². The second-order valence-corrected chi connectivity index (χ2v) is 5.17. The number of hydrogen-bond acceptors (Lipinski definition) is 2. The molecule has 0 spiro atoms. The molecule has 0 N–H and O–H groups in total. The average molecular weight is 247 g/mol. The predicted octanol–water partition coefficient (Wildman–Crippen LogP) is 3.61. The number of hydrogen-bond donors (Lipinski definition) is 0. The van der Waals surface area contributed by atoms with Gasteiger partial charge >= 0.3 is 0 Å². The Kier molecular flexibility index (Phi) is 6.06. The van der Waals surface area contributed by atoms with E-state index in [-0.39, 0.29) is 5.78 Å². The number of likely N-dealkylation sites (N-methyl/N-ethyl adjacent to an activating group) is 1. The Hall–Kier alpha value is -1.15. The number of ketones is 1. The van der Waals surface area contributed by atoms with E-state index in [0.29, 0.717) is 6.54 Å². The van der Waals surface area contributed by atoms with Gasteiger partial charge in [0.1, 0.15) is 0 Å². The van der Waals surface area contributed by atoms with Crippen LogP contribution in [-0.2, 0) is 0 Å². The highest BCUT2D eigenvalue weighted by molar-refractivity contribution is 5.97. The second-order valence-electron chi connectivity index (χ2n) is 5.17. The van der Waals surface area contributed by atoms with Gasteiger partial charge in [0.2, 0.25) is 0 Å². The summed E-state index contributed by atoms with van der Waals surface area (Å²) in [6, 6.07) is 5.96. The number of unbranched alkanes of at least 4 members (excludes halogenated alkanes) is 2. The third kappa shape index (κ3) is 4.61. The van der Waals surface area contributed by atoms with Crippen LogP contribution >= 0.6 is 0 Å². The van der Waals surface area contributed by atoms with E-state index in [2.05, 4.69) is 25.7 Å². The first-order chi connectivity index (χ1) is 8.54. The minimum atomic E-state index is 0.220. The lowest BCUT2D eigenvalue weighted by atomic mass is 10.0. The maximum absolute atomic E-state index is 12.1. The highest BCUT2D eigenvalue weighted by atomic mass is 16.1. The van der Waals surface area contributed by atoms with Gasteiger partial charge < -0.3 is 0 Å². The molecule has 0 fully saturated rings. The molecule has 0 aliphatic rings. The van der Waals surface area contributed by atoms with Crippen molar-refractivity contribution in [2.75, 3.05) is 20.1 Å². The summed E-state index contributed by atoms with van der Waals surface area (Å²) in [6.45, 7) is 7.84. The third-order valence-corrected chi connectivity index (χ3v) is 3.39. The van der Waals surface area contributed by atoms with Crippen LogP contribution in [0.15, 0.2) is 18.2 Å². The second kappa shape index (κ2) is 7.32. The van der Waals surface area contributed by atoms with Gasteiger partial charge in [0.25, 0.3) is 0 Å². The summed E-state index contributed by atoms with van der Waals surface area (Å²) in [5.74, 6) is 0.220. The third-order valence-electron chi connectivity index (χ3n) is 3.39. The molecule has 1 rings (SSSR count). The maximum atomic E-state index is 12.1. The number of benzene rings is 1. The number of rotatable bonds is 7. The van der Waals surface area contributed by atoms with E-state index in [1.54, 1.807) is 0 Å². The molecule has 0 atom stereocenters. The SMILES string of the molecule is CCCCCN(C)CC(=O)c1ccc(C)c(C)c1. The molecule has 2 nitrogen and oxygen atoms in total. The number of carbonyl (C=O) groups excluding carboxylic acids is 1. The largest absolute Gasteiger partial charge is 0.299 e. The van der Waals surface area contributed by atoms with Gasteiger partial charge in [0, 0.05) is 5.56 Å². The summed E-state index contributed by atoms with van der Waals surface area (Å²) >= 11 is 0. The van der Waals surface area contributed by atoms with Crippen molar-refractivity contribution >= 4 is 5.78 Å². The van der Waals surface area contributed by atoms with Crippen molar-refractivity contribution in [1.82, 2.24) is 4.90 Å². The van der Waals surface area contributed by atoms with Gasteiger partial charge in [0.05, 0.1) is 6.54 Å². The van der Waals surface area contributed by atoms with E-state index in [1.165, 1.54) is 30.4 Å². The molecule has 0 heterocycles. The fourth-order valence-electron chi connectivity index (χ4n) is 1.96. The standard InChI is InChI=1S/C16H25NO/c1-5-6-7-10-17(4)12-16(18)15-9-8-13(2)14(3)11-15/h8-9,11H,5-7,10,12H2,1-4H3. The highest BCUT2D eigenvalue weighted by Gasteiger charge is 2.09. The van der Waals surface area contributed by atoms with Crippen molar-refractivity contribution < 1.29 is 4.79 Å². The summed E-state index contributed by atoms with van der Waals surface area (Å²) in [6.07, 6.45) is 3.63. The zero-order chi connectivity index (χ0) is 13.5. The maximum Gasteiger partial charge on any atom is 0.176 e. The van der Waals surface area contributed by atoms with E-state index < -0.39 is 0 Å². The molecule has 100 valence electrons. The van der Waals surface area contributed by atoms with Gasteiger partial charge in [-0.25, -0.2) is 0 Å². The number of nitrogens with zero attached hydrogens (tertiary/aromatic N) is 1. The number of aryl methyl sites for hydroxylation is 2. The lowest BCUT2D eigenvalue weighted by molar-refractivity contribution is 0.0945. The van der Waals surface area contributed by atoms with Gasteiger partial charge in [0.15, 0.2) is 5.78 Å². The number of Topliss-reactive ketones (excluding diaryl/α,β-unsaturated/α-hetero) is 1. The molecule has 18 heavy (non-hydrogen) atoms. The molecule has 0 aliphatic carbocycles. The Labute approximate surface area is 111 Å². The fraction of sp³-hybridized carbons (Fsp3) is 0.562. The highest BCUT2D eigenvalue weighted by Crippen LogP contribution is 2.11. The zero-order valence-corrected chi connectivity index (χ0v) is 12.1. The van der Waals surface area contributed by atoms with Crippen LogP contribution in [0.2, 0.25) is 0 Å². The molecule has 0 aromatic heterocycles. The van der Waals surface area contributed by atoms with E-state index in [9.17, 15) is 4.79 Å². The average Bonchev–Trinajstić information content (AvgIpc) is 2.33. The summed E-state index contributed by atoms with van der Waals surface area (Å²) in [4.78, 5) is 14.2. The van der Waals surface area contributed by atoms with Crippen molar-refractivity contribution in [1.29, 1.82) is 0 Å². The van der Waals surface area contributed by atoms with Crippen LogP contribution in [-0.4, -0.2) is 30.8 Å². The molecular weight excluding hydrogens is 222 g/mol. The summed E-state index contributed by atoms with van der Waals surface area (Å²) < 4.78 is 0. The summed E-state index contributed by atoms with van der Waals surface area (Å²) in [5, 5.41) is 0. The molecule has 0 aliphatic heterocycles. The molecule has 0 saturated carbocycles. The molecule has 1 aromatic carbocycles. The van der Waals surface area contributed by atoms with Crippen molar-refractivity contribution in [2.24, 2.45) is 0 Å². The minimum absolute atomic E-state index is 0.220. The van der Waals surface area contributed by atoms with Crippen molar-refractivity contribution in [3.63, 3.8) is 0 Å². The fourth-order valence-corrected chi connectivity index (χ4v) is 1.96. The lowest BCUT2D eigenvalue weighted by Crippen LogP contribution is -2.27. The van der Waals surface area contributed by atoms with Crippen molar-refractivity contribution in [2.45, 2.75) is 40.0 Å². The minimum Gasteiger partial charge on any atom is -0.299 e. The topological polar surface area (TPSA) is 20.3 Å². The van der Waals surface area contributed by atoms with E-state index >= 15 is 0 Å². The Morgan fingerprint density at radius 3 is 2.50 bits per heavy atom. The quantitative estimate of drug-likeness (QED) is 0.542. The van der Waals surface area contributed by atoms with Gasteiger partial charge in [-0.2, -0.15) is 0 Å². The van der Waals surface area contributed by atoms with Gasteiger partial charge in [-0.1, -0.05) is 31.9 Å². The molecule has 0 bridgehead atoms. The molecule has 1 aromatic rings. The first-order valence-electron chi connectivity index (χ1n) is 6.83. The lowest BCUT2D eigenvalue weighted by Gasteiger charge is -2.15. The van der Waals surface area contributed by atoms with Crippen LogP contribution in [0.3, 0.4) is 0 Å². The monoisotopic (exact) mass is 247 g/mol. The Morgan fingerprint density at radius 2 is 1.89 bits per heavy atom. The van der Waals surface area contributed by atoms with Crippen LogP contribution in [0.4, 0.5) is 0 Å².